The number of rotatable bonds is 1. The van der Waals surface area contributed by atoms with Crippen molar-refractivity contribution in [1.29, 1.82) is 0 Å². The molecule has 0 atom stereocenters. The zero-order valence-corrected chi connectivity index (χ0v) is 9.01. The van der Waals surface area contributed by atoms with Crippen LogP contribution < -0.4 is 5.73 Å². The third-order valence-electron chi connectivity index (χ3n) is 2.90. The van der Waals surface area contributed by atoms with E-state index in [0.717, 1.165) is 0 Å². The van der Waals surface area contributed by atoms with Gasteiger partial charge in [0.05, 0.1) is 0 Å². The van der Waals surface area contributed by atoms with Gasteiger partial charge in [-0.15, -0.1) is 0 Å². The molecule has 0 bridgehead atoms. The van der Waals surface area contributed by atoms with Crippen LogP contribution in [-0.2, 0) is 12.0 Å². The van der Waals surface area contributed by atoms with Crippen molar-refractivity contribution in [2.75, 3.05) is 0 Å². The van der Waals surface area contributed by atoms with Gasteiger partial charge in [0.1, 0.15) is 0 Å². The average Bonchev–Trinajstić information content (AvgIpc) is 2.16. The van der Waals surface area contributed by atoms with Crippen molar-refractivity contribution in [3.05, 3.63) is 41.3 Å². The highest BCUT2D eigenvalue weighted by molar-refractivity contribution is 5.40. The second-order valence-electron chi connectivity index (χ2n) is 4.73. The van der Waals surface area contributed by atoms with E-state index in [4.69, 9.17) is 5.73 Å². The van der Waals surface area contributed by atoms with Gasteiger partial charge in [-0.2, -0.15) is 0 Å². The lowest BCUT2D eigenvalue weighted by molar-refractivity contribution is 0.552. The third kappa shape index (κ3) is 1.83. The molecule has 0 spiro atoms. The van der Waals surface area contributed by atoms with Crippen LogP contribution in [-0.4, -0.2) is 0 Å². The van der Waals surface area contributed by atoms with Crippen LogP contribution in [0.25, 0.3) is 0 Å². The zero-order valence-electron chi connectivity index (χ0n) is 9.01. The highest BCUT2D eigenvalue weighted by atomic mass is 14.7. The minimum Gasteiger partial charge on any atom is -0.322 e. The molecule has 1 aromatic carbocycles. The minimum atomic E-state index is -0.216. The van der Waals surface area contributed by atoms with Crippen LogP contribution in [0.15, 0.2) is 18.2 Å². The number of hydrogen-bond acceptors (Lipinski definition) is 1. The maximum absolute atomic E-state index is 6.08. The van der Waals surface area contributed by atoms with E-state index in [2.05, 4.69) is 38.5 Å². The summed E-state index contributed by atoms with van der Waals surface area (Å²) < 4.78 is 0. The van der Waals surface area contributed by atoms with E-state index < -0.39 is 0 Å². The summed E-state index contributed by atoms with van der Waals surface area (Å²) in [5.74, 6) is 0. The predicted molar refractivity (Wildman–Crippen MR) is 60.0 cm³/mol. The van der Waals surface area contributed by atoms with Crippen LogP contribution in [0.1, 0.15) is 43.4 Å². The molecule has 0 saturated heterocycles. The van der Waals surface area contributed by atoms with E-state index >= 15 is 0 Å². The molecule has 0 amide bonds. The van der Waals surface area contributed by atoms with Crippen LogP contribution in [0, 0.1) is 6.42 Å². The highest BCUT2D eigenvalue weighted by Gasteiger charge is 2.17. The molecule has 0 aliphatic heterocycles. The molecule has 1 radical (unpaired) electrons. The average molecular weight is 188 g/mol. The highest BCUT2D eigenvalue weighted by Crippen LogP contribution is 2.26. The molecule has 0 aromatic heterocycles. The van der Waals surface area contributed by atoms with E-state index in [0.29, 0.717) is 0 Å². The Labute approximate surface area is 86.3 Å². The van der Waals surface area contributed by atoms with Crippen LogP contribution in [0.2, 0.25) is 0 Å². The minimum absolute atomic E-state index is 0.216. The second kappa shape index (κ2) is 3.39. The van der Waals surface area contributed by atoms with Crippen molar-refractivity contribution >= 4 is 0 Å². The Bertz CT molecular complexity index is 334. The summed E-state index contributed by atoms with van der Waals surface area (Å²) in [7, 11) is 0. The van der Waals surface area contributed by atoms with Gasteiger partial charge in [0, 0.05) is 5.54 Å². The van der Waals surface area contributed by atoms with Gasteiger partial charge in [-0.05, 0) is 56.2 Å². The summed E-state index contributed by atoms with van der Waals surface area (Å²) in [6.45, 7) is 4.11. The van der Waals surface area contributed by atoms with Gasteiger partial charge in [-0.25, -0.2) is 0 Å². The Morgan fingerprint density at radius 3 is 2.79 bits per heavy atom. The smallest absolute Gasteiger partial charge is 0.0352 e. The number of benzene rings is 1. The Morgan fingerprint density at radius 2 is 2.07 bits per heavy atom. The summed E-state index contributed by atoms with van der Waals surface area (Å²) in [6.07, 6.45) is 6.03. The number of aryl methyl sites for hydroxylation is 1. The molecule has 1 aromatic rings. The molecule has 0 unspecified atom stereocenters. The molecule has 2 N–H and O–H groups in total. The fraction of sp³-hybridized carbons (Fsp3) is 0.462. The second-order valence-corrected chi connectivity index (χ2v) is 4.73. The normalized spacial score (nSPS) is 16.5. The van der Waals surface area contributed by atoms with Gasteiger partial charge in [-0.1, -0.05) is 18.2 Å². The summed E-state index contributed by atoms with van der Waals surface area (Å²) >= 11 is 0. The lowest BCUT2D eigenvalue weighted by atomic mass is 9.86. The summed E-state index contributed by atoms with van der Waals surface area (Å²) in [5.41, 5.74) is 9.98. The Morgan fingerprint density at radius 1 is 1.29 bits per heavy atom. The van der Waals surface area contributed by atoms with Gasteiger partial charge in [0.25, 0.3) is 0 Å². The van der Waals surface area contributed by atoms with Crippen LogP contribution >= 0.6 is 0 Å². The van der Waals surface area contributed by atoms with Crippen molar-refractivity contribution in [3.63, 3.8) is 0 Å². The van der Waals surface area contributed by atoms with Crippen molar-refractivity contribution < 1.29 is 0 Å². The fourth-order valence-electron chi connectivity index (χ4n) is 1.97. The predicted octanol–water partition coefficient (Wildman–Crippen LogP) is 2.77. The monoisotopic (exact) mass is 188 g/mol. The zero-order chi connectivity index (χ0) is 10.2. The molecule has 2 rings (SSSR count). The lowest BCUT2D eigenvalue weighted by Gasteiger charge is -2.23. The first-order valence-electron chi connectivity index (χ1n) is 5.33. The van der Waals surface area contributed by atoms with Gasteiger partial charge >= 0.3 is 0 Å². The standard InChI is InChI=1S/C13H18N/c1-13(2,14)12-8-7-10-5-3-4-6-11(10)9-12/h5,7-9H,3-4,6,14H2,1-2H3. The first kappa shape index (κ1) is 9.72. The maximum Gasteiger partial charge on any atom is 0.0352 e. The van der Waals surface area contributed by atoms with Crippen LogP contribution in [0.5, 0.6) is 0 Å². The van der Waals surface area contributed by atoms with Crippen LogP contribution in [0.4, 0.5) is 0 Å². The van der Waals surface area contributed by atoms with E-state index in [1.807, 2.05) is 0 Å². The van der Waals surface area contributed by atoms with Crippen molar-refractivity contribution in [3.8, 4) is 0 Å². The number of nitrogens with two attached hydrogens (primary N) is 1. The topological polar surface area (TPSA) is 26.0 Å². The van der Waals surface area contributed by atoms with Gasteiger partial charge in [0.2, 0.25) is 0 Å². The molecular formula is C13H18N. The molecule has 1 heteroatoms. The Kier molecular flexibility index (Phi) is 2.36. The van der Waals surface area contributed by atoms with Gasteiger partial charge in [-0.3, -0.25) is 0 Å². The third-order valence-corrected chi connectivity index (χ3v) is 2.90. The molecule has 0 saturated carbocycles. The van der Waals surface area contributed by atoms with E-state index in [1.54, 1.807) is 0 Å². The van der Waals surface area contributed by atoms with Crippen molar-refractivity contribution in [1.82, 2.24) is 0 Å². The molecule has 0 heterocycles. The molecule has 1 aliphatic rings. The largest absolute Gasteiger partial charge is 0.322 e. The van der Waals surface area contributed by atoms with E-state index in [9.17, 15) is 0 Å². The number of hydrogen-bond donors (Lipinski definition) is 1. The first-order valence-corrected chi connectivity index (χ1v) is 5.33. The van der Waals surface area contributed by atoms with Crippen molar-refractivity contribution in [2.45, 2.75) is 38.6 Å². The fourth-order valence-corrected chi connectivity index (χ4v) is 1.97. The molecule has 1 aliphatic carbocycles. The molecule has 0 fully saturated rings. The SMILES string of the molecule is CC(C)(N)c1ccc2c(c1)CCC[CH]2. The van der Waals surface area contributed by atoms with Gasteiger partial charge in [0.15, 0.2) is 0 Å². The molecule has 75 valence electrons. The quantitative estimate of drug-likeness (QED) is 0.720. The van der Waals surface area contributed by atoms with E-state index in [1.165, 1.54) is 36.0 Å². The number of fused-ring (bicyclic) bond motifs is 1. The summed E-state index contributed by atoms with van der Waals surface area (Å²) in [5, 5.41) is 0. The summed E-state index contributed by atoms with van der Waals surface area (Å²) in [4.78, 5) is 0. The van der Waals surface area contributed by atoms with Crippen LogP contribution in [0.3, 0.4) is 0 Å². The van der Waals surface area contributed by atoms with E-state index in [-0.39, 0.29) is 5.54 Å². The Balaban J connectivity index is 2.39. The summed E-state index contributed by atoms with van der Waals surface area (Å²) in [6, 6.07) is 6.63. The molecule has 14 heavy (non-hydrogen) atoms. The van der Waals surface area contributed by atoms with Gasteiger partial charge < -0.3 is 5.73 Å². The maximum atomic E-state index is 6.08. The first-order chi connectivity index (χ1) is 6.57. The molecular weight excluding hydrogens is 170 g/mol. The lowest BCUT2D eigenvalue weighted by Crippen LogP contribution is -2.28. The van der Waals surface area contributed by atoms with Crippen molar-refractivity contribution in [2.24, 2.45) is 5.73 Å². The Hall–Kier alpha value is -0.820. The molecule has 1 nitrogen and oxygen atoms in total.